The minimum atomic E-state index is -0.0148. The van der Waals surface area contributed by atoms with Gasteiger partial charge in [-0.25, -0.2) is 4.98 Å². The van der Waals surface area contributed by atoms with E-state index in [2.05, 4.69) is 15.6 Å². The highest BCUT2D eigenvalue weighted by molar-refractivity contribution is 5.91. The second-order valence-electron chi connectivity index (χ2n) is 3.33. The highest BCUT2D eigenvalue weighted by Crippen LogP contribution is 2.10. The molecule has 1 aromatic rings. The van der Waals surface area contributed by atoms with E-state index in [-0.39, 0.29) is 11.8 Å². The summed E-state index contributed by atoms with van der Waals surface area (Å²) in [5.41, 5.74) is 0.725. The van der Waals surface area contributed by atoms with Gasteiger partial charge in [-0.1, -0.05) is 13.8 Å². The first-order valence-electron chi connectivity index (χ1n) is 4.58. The van der Waals surface area contributed by atoms with Crippen LogP contribution in [-0.2, 0) is 4.79 Å². The van der Waals surface area contributed by atoms with Gasteiger partial charge in [-0.2, -0.15) is 0 Å². The van der Waals surface area contributed by atoms with Crippen molar-refractivity contribution in [1.29, 1.82) is 0 Å². The first kappa shape index (κ1) is 10.5. The normalized spacial score (nSPS) is 10.0. The number of aromatic nitrogens is 1. The molecule has 0 atom stereocenters. The molecule has 0 aliphatic heterocycles. The Kier molecular flexibility index (Phi) is 3.45. The minimum Gasteiger partial charge on any atom is -0.373 e. The molecule has 0 saturated heterocycles. The first-order valence-corrected chi connectivity index (χ1v) is 4.58. The molecule has 1 aromatic heterocycles. The van der Waals surface area contributed by atoms with Crippen molar-refractivity contribution in [3.05, 3.63) is 18.3 Å². The zero-order chi connectivity index (χ0) is 10.6. The molecule has 1 heterocycles. The van der Waals surface area contributed by atoms with E-state index >= 15 is 0 Å². The lowest BCUT2D eigenvalue weighted by Gasteiger charge is -2.07. The Morgan fingerprint density at radius 2 is 2.14 bits per heavy atom. The second-order valence-corrected chi connectivity index (χ2v) is 3.33. The summed E-state index contributed by atoms with van der Waals surface area (Å²) in [4.78, 5) is 15.4. The SMILES string of the molecule is CNc1ccc(NC(=O)C(C)C)cn1. The molecule has 0 aromatic carbocycles. The monoisotopic (exact) mass is 193 g/mol. The number of hydrogen-bond donors (Lipinski definition) is 2. The van der Waals surface area contributed by atoms with Gasteiger partial charge in [0, 0.05) is 13.0 Å². The largest absolute Gasteiger partial charge is 0.373 e. The summed E-state index contributed by atoms with van der Waals surface area (Å²) in [5, 5.41) is 5.67. The van der Waals surface area contributed by atoms with Crippen molar-refractivity contribution in [3.8, 4) is 0 Å². The number of amides is 1. The molecule has 4 nitrogen and oxygen atoms in total. The smallest absolute Gasteiger partial charge is 0.226 e. The Balaban J connectivity index is 2.64. The Hall–Kier alpha value is -1.58. The van der Waals surface area contributed by atoms with Crippen LogP contribution in [0.1, 0.15) is 13.8 Å². The van der Waals surface area contributed by atoms with Crippen molar-refractivity contribution in [3.63, 3.8) is 0 Å². The predicted octanol–water partition coefficient (Wildman–Crippen LogP) is 1.72. The molecule has 76 valence electrons. The Bertz CT molecular complexity index is 306. The lowest BCUT2D eigenvalue weighted by molar-refractivity contribution is -0.118. The zero-order valence-corrected chi connectivity index (χ0v) is 8.66. The molecular weight excluding hydrogens is 178 g/mol. The summed E-state index contributed by atoms with van der Waals surface area (Å²) in [6, 6.07) is 3.63. The first-order chi connectivity index (χ1) is 6.63. The Labute approximate surface area is 83.7 Å². The second kappa shape index (κ2) is 4.60. The third kappa shape index (κ3) is 2.73. The van der Waals surface area contributed by atoms with Gasteiger partial charge in [0.2, 0.25) is 5.91 Å². The van der Waals surface area contributed by atoms with Crippen LogP contribution in [0.25, 0.3) is 0 Å². The number of anilines is 2. The summed E-state index contributed by atoms with van der Waals surface area (Å²) in [6.45, 7) is 3.70. The van der Waals surface area contributed by atoms with Crippen molar-refractivity contribution in [2.75, 3.05) is 17.7 Å². The molecule has 0 unspecified atom stereocenters. The molecule has 1 rings (SSSR count). The van der Waals surface area contributed by atoms with Crippen LogP contribution in [0.5, 0.6) is 0 Å². The molecule has 4 heteroatoms. The summed E-state index contributed by atoms with van der Waals surface area (Å²) in [5.74, 6) is 0.774. The van der Waals surface area contributed by atoms with Gasteiger partial charge in [-0.3, -0.25) is 4.79 Å². The van der Waals surface area contributed by atoms with Crippen molar-refractivity contribution in [1.82, 2.24) is 4.98 Å². The number of nitrogens with zero attached hydrogens (tertiary/aromatic N) is 1. The maximum atomic E-state index is 11.3. The van der Waals surface area contributed by atoms with Gasteiger partial charge < -0.3 is 10.6 Å². The molecule has 2 N–H and O–H groups in total. The van der Waals surface area contributed by atoms with Gasteiger partial charge in [0.15, 0.2) is 0 Å². The molecule has 0 saturated carbocycles. The molecular formula is C10H15N3O. The van der Waals surface area contributed by atoms with E-state index in [0.29, 0.717) is 0 Å². The number of rotatable bonds is 3. The van der Waals surface area contributed by atoms with Crippen LogP contribution < -0.4 is 10.6 Å². The Morgan fingerprint density at radius 1 is 1.43 bits per heavy atom. The van der Waals surface area contributed by atoms with Crippen LogP contribution in [0.2, 0.25) is 0 Å². The van der Waals surface area contributed by atoms with E-state index in [1.807, 2.05) is 26.0 Å². The van der Waals surface area contributed by atoms with Crippen LogP contribution in [0.15, 0.2) is 18.3 Å². The minimum absolute atomic E-state index is 0.00371. The fourth-order valence-electron chi connectivity index (χ4n) is 0.902. The summed E-state index contributed by atoms with van der Waals surface area (Å²) >= 11 is 0. The van der Waals surface area contributed by atoms with Gasteiger partial charge in [-0.15, -0.1) is 0 Å². The van der Waals surface area contributed by atoms with Crippen LogP contribution in [0.3, 0.4) is 0 Å². The average molecular weight is 193 g/mol. The van der Waals surface area contributed by atoms with Crippen molar-refractivity contribution in [2.45, 2.75) is 13.8 Å². The average Bonchev–Trinajstić information content (AvgIpc) is 2.19. The number of hydrogen-bond acceptors (Lipinski definition) is 3. The van der Waals surface area contributed by atoms with E-state index in [1.165, 1.54) is 0 Å². The van der Waals surface area contributed by atoms with Crippen LogP contribution in [0, 0.1) is 5.92 Å². The van der Waals surface area contributed by atoms with Gasteiger partial charge in [0.25, 0.3) is 0 Å². The van der Waals surface area contributed by atoms with E-state index in [4.69, 9.17) is 0 Å². The number of carbonyl (C=O) groups is 1. The molecule has 0 aliphatic carbocycles. The number of pyridine rings is 1. The van der Waals surface area contributed by atoms with E-state index < -0.39 is 0 Å². The lowest BCUT2D eigenvalue weighted by atomic mass is 10.2. The molecule has 0 fully saturated rings. The third-order valence-electron chi connectivity index (χ3n) is 1.81. The maximum absolute atomic E-state index is 11.3. The highest BCUT2D eigenvalue weighted by atomic mass is 16.1. The standard InChI is InChI=1S/C10H15N3O/c1-7(2)10(14)13-8-4-5-9(11-3)12-6-8/h4-7H,1-3H3,(H,11,12)(H,13,14). The summed E-state index contributed by atoms with van der Waals surface area (Å²) < 4.78 is 0. The number of nitrogens with one attached hydrogen (secondary N) is 2. The molecule has 0 spiro atoms. The van der Waals surface area contributed by atoms with Gasteiger partial charge >= 0.3 is 0 Å². The van der Waals surface area contributed by atoms with E-state index in [1.54, 1.807) is 13.2 Å². The van der Waals surface area contributed by atoms with Gasteiger partial charge in [0.1, 0.15) is 5.82 Å². The van der Waals surface area contributed by atoms with Crippen molar-refractivity contribution in [2.24, 2.45) is 5.92 Å². The summed E-state index contributed by atoms with van der Waals surface area (Å²) in [7, 11) is 1.80. The van der Waals surface area contributed by atoms with Crippen LogP contribution in [0.4, 0.5) is 11.5 Å². The topological polar surface area (TPSA) is 54.0 Å². The molecule has 0 radical (unpaired) electrons. The van der Waals surface area contributed by atoms with Crippen LogP contribution >= 0.6 is 0 Å². The molecule has 1 amide bonds. The lowest BCUT2D eigenvalue weighted by Crippen LogP contribution is -2.17. The zero-order valence-electron chi connectivity index (χ0n) is 8.66. The third-order valence-corrected chi connectivity index (χ3v) is 1.81. The quantitative estimate of drug-likeness (QED) is 0.768. The van der Waals surface area contributed by atoms with Gasteiger partial charge in [-0.05, 0) is 12.1 Å². The molecule has 0 bridgehead atoms. The Morgan fingerprint density at radius 3 is 2.57 bits per heavy atom. The predicted molar refractivity (Wildman–Crippen MR) is 57.3 cm³/mol. The van der Waals surface area contributed by atoms with Crippen molar-refractivity contribution >= 4 is 17.4 Å². The summed E-state index contributed by atoms with van der Waals surface area (Å²) in [6.07, 6.45) is 1.63. The maximum Gasteiger partial charge on any atom is 0.226 e. The molecule has 14 heavy (non-hydrogen) atoms. The van der Waals surface area contributed by atoms with Crippen molar-refractivity contribution < 1.29 is 4.79 Å². The fraction of sp³-hybridized carbons (Fsp3) is 0.400. The van der Waals surface area contributed by atoms with Crippen LogP contribution in [-0.4, -0.2) is 17.9 Å². The van der Waals surface area contributed by atoms with E-state index in [9.17, 15) is 4.79 Å². The van der Waals surface area contributed by atoms with E-state index in [0.717, 1.165) is 11.5 Å². The number of carbonyl (C=O) groups excluding carboxylic acids is 1. The highest BCUT2D eigenvalue weighted by Gasteiger charge is 2.06. The van der Waals surface area contributed by atoms with Gasteiger partial charge in [0.05, 0.1) is 11.9 Å². The fourth-order valence-corrected chi connectivity index (χ4v) is 0.902. The molecule has 0 aliphatic rings.